The summed E-state index contributed by atoms with van der Waals surface area (Å²) < 4.78 is 15.9. The molecule has 0 saturated heterocycles. The third-order valence-electron chi connectivity index (χ3n) is 3.90. The quantitative estimate of drug-likeness (QED) is 0.737. The van der Waals surface area contributed by atoms with E-state index in [0.717, 1.165) is 0 Å². The Morgan fingerprint density at radius 3 is 2.50 bits per heavy atom. The van der Waals surface area contributed by atoms with Crippen molar-refractivity contribution in [3.63, 3.8) is 0 Å². The average Bonchev–Trinajstić information content (AvgIpc) is 2.59. The smallest absolute Gasteiger partial charge is 0.338 e. The van der Waals surface area contributed by atoms with E-state index in [1.165, 1.54) is 14.2 Å². The molecule has 2 amide bonds. The molecule has 7 nitrogen and oxygen atoms in total. The van der Waals surface area contributed by atoms with Crippen LogP contribution in [0.25, 0.3) is 0 Å². The van der Waals surface area contributed by atoms with Gasteiger partial charge in [-0.2, -0.15) is 0 Å². The number of hydrogen-bond acceptors (Lipinski definition) is 5. The first-order chi connectivity index (χ1) is 12.3. The number of hydrogen-bond donors (Lipinski definition) is 2. The Morgan fingerprint density at radius 2 is 1.96 bits per heavy atom. The molecule has 1 atom stereocenters. The van der Waals surface area contributed by atoms with Gasteiger partial charge < -0.3 is 24.8 Å². The van der Waals surface area contributed by atoms with Gasteiger partial charge in [-0.25, -0.2) is 9.59 Å². The molecule has 0 bridgehead atoms. The fourth-order valence-corrected chi connectivity index (χ4v) is 3.12. The molecule has 8 heteroatoms. The predicted octanol–water partition coefficient (Wildman–Crippen LogP) is 3.33. The van der Waals surface area contributed by atoms with E-state index in [-0.39, 0.29) is 11.1 Å². The molecule has 1 aromatic carbocycles. The SMILES string of the molecule is CCC1=C(C(=O)OC(C)C)C(c2ccc(OC)c(OC)c2Cl)NC(=O)N1. The maximum absolute atomic E-state index is 12.7. The van der Waals surface area contributed by atoms with Crippen LogP contribution in [-0.2, 0) is 9.53 Å². The van der Waals surface area contributed by atoms with Gasteiger partial charge in [0.1, 0.15) is 0 Å². The van der Waals surface area contributed by atoms with Gasteiger partial charge in [0.2, 0.25) is 0 Å². The van der Waals surface area contributed by atoms with Gasteiger partial charge in [-0.3, -0.25) is 0 Å². The molecule has 0 aliphatic carbocycles. The molecule has 1 heterocycles. The number of urea groups is 1. The number of allylic oxidation sites excluding steroid dienone is 1. The Hall–Kier alpha value is -2.41. The van der Waals surface area contributed by atoms with Crippen LogP contribution >= 0.6 is 11.6 Å². The summed E-state index contributed by atoms with van der Waals surface area (Å²) in [5, 5.41) is 5.67. The summed E-state index contributed by atoms with van der Waals surface area (Å²) in [5.41, 5.74) is 1.32. The lowest BCUT2D eigenvalue weighted by atomic mass is 9.94. The molecule has 0 fully saturated rings. The zero-order valence-corrected chi connectivity index (χ0v) is 16.2. The molecule has 1 aliphatic heterocycles. The van der Waals surface area contributed by atoms with Crippen LogP contribution in [0, 0.1) is 0 Å². The van der Waals surface area contributed by atoms with Crippen LogP contribution in [0.2, 0.25) is 5.02 Å². The summed E-state index contributed by atoms with van der Waals surface area (Å²) in [6, 6.07) is 2.18. The fourth-order valence-electron chi connectivity index (χ4n) is 2.78. The van der Waals surface area contributed by atoms with Crippen LogP contribution in [0.4, 0.5) is 4.79 Å². The van der Waals surface area contributed by atoms with Crippen LogP contribution in [0.1, 0.15) is 38.8 Å². The molecule has 2 rings (SSSR count). The summed E-state index contributed by atoms with van der Waals surface area (Å²) in [6.07, 6.45) is 0.157. The second-order valence-electron chi connectivity index (χ2n) is 5.94. The van der Waals surface area contributed by atoms with Crippen molar-refractivity contribution in [2.24, 2.45) is 0 Å². The van der Waals surface area contributed by atoms with Crippen LogP contribution < -0.4 is 20.1 Å². The third-order valence-corrected chi connectivity index (χ3v) is 4.29. The number of benzene rings is 1. The highest BCUT2D eigenvalue weighted by Gasteiger charge is 2.35. The number of ether oxygens (including phenoxy) is 3. The number of methoxy groups -OCH3 is 2. The van der Waals surface area contributed by atoms with E-state index < -0.39 is 18.0 Å². The van der Waals surface area contributed by atoms with Gasteiger partial charge in [0.15, 0.2) is 11.5 Å². The van der Waals surface area contributed by atoms with Crippen LogP contribution in [0.5, 0.6) is 11.5 Å². The highest BCUT2D eigenvalue weighted by Crippen LogP contribution is 2.42. The molecule has 0 radical (unpaired) electrons. The van der Waals surface area contributed by atoms with Crippen molar-refractivity contribution in [1.82, 2.24) is 10.6 Å². The zero-order chi connectivity index (χ0) is 19.4. The number of halogens is 1. The Morgan fingerprint density at radius 1 is 1.27 bits per heavy atom. The largest absolute Gasteiger partial charge is 0.493 e. The molecule has 0 saturated carbocycles. The van der Waals surface area contributed by atoms with Gasteiger partial charge in [0, 0.05) is 11.3 Å². The normalized spacial score (nSPS) is 16.9. The zero-order valence-electron chi connectivity index (χ0n) is 15.4. The Balaban J connectivity index is 2.61. The van der Waals surface area contributed by atoms with Gasteiger partial charge >= 0.3 is 12.0 Å². The van der Waals surface area contributed by atoms with Gasteiger partial charge in [0.25, 0.3) is 0 Å². The molecule has 1 aromatic rings. The Bertz CT molecular complexity index is 745. The maximum Gasteiger partial charge on any atom is 0.338 e. The van der Waals surface area contributed by atoms with Gasteiger partial charge in [0.05, 0.1) is 37.0 Å². The minimum atomic E-state index is -0.766. The minimum Gasteiger partial charge on any atom is -0.493 e. The molecule has 0 spiro atoms. The van der Waals surface area contributed by atoms with E-state index in [4.69, 9.17) is 25.8 Å². The monoisotopic (exact) mass is 382 g/mol. The standard InChI is InChI=1S/C18H23ClN2O5/c1-6-11-13(17(22)26-9(2)3)15(21-18(23)20-11)10-7-8-12(24-4)16(25-5)14(10)19/h7-9,15H,6H2,1-5H3,(H2,20,21,23). The molecule has 26 heavy (non-hydrogen) atoms. The number of carbonyl (C=O) groups excluding carboxylic acids is 2. The molecule has 0 aromatic heterocycles. The van der Waals surface area contributed by atoms with Crippen molar-refractivity contribution in [3.8, 4) is 11.5 Å². The molecular formula is C18H23ClN2O5. The van der Waals surface area contributed by atoms with E-state index >= 15 is 0 Å². The lowest BCUT2D eigenvalue weighted by Crippen LogP contribution is -2.46. The number of nitrogens with one attached hydrogen (secondary N) is 2. The van der Waals surface area contributed by atoms with Crippen molar-refractivity contribution in [3.05, 3.63) is 34.0 Å². The number of amides is 2. The highest BCUT2D eigenvalue weighted by molar-refractivity contribution is 6.33. The highest BCUT2D eigenvalue weighted by atomic mass is 35.5. The number of rotatable bonds is 6. The lowest BCUT2D eigenvalue weighted by molar-refractivity contribution is -0.143. The topological polar surface area (TPSA) is 85.9 Å². The Labute approximate surface area is 157 Å². The van der Waals surface area contributed by atoms with Gasteiger partial charge in [-0.05, 0) is 26.3 Å². The molecule has 142 valence electrons. The van der Waals surface area contributed by atoms with Crippen LogP contribution in [0.15, 0.2) is 23.4 Å². The summed E-state index contributed by atoms with van der Waals surface area (Å²) in [4.78, 5) is 24.8. The summed E-state index contributed by atoms with van der Waals surface area (Å²) >= 11 is 6.49. The van der Waals surface area contributed by atoms with Crippen molar-refractivity contribution < 1.29 is 23.8 Å². The Kier molecular flexibility index (Phi) is 6.37. The number of carbonyl (C=O) groups is 2. The van der Waals surface area contributed by atoms with Gasteiger partial charge in [-0.1, -0.05) is 24.6 Å². The van der Waals surface area contributed by atoms with Crippen molar-refractivity contribution in [1.29, 1.82) is 0 Å². The van der Waals surface area contributed by atoms with Crippen molar-refractivity contribution in [2.75, 3.05) is 14.2 Å². The van der Waals surface area contributed by atoms with Gasteiger partial charge in [-0.15, -0.1) is 0 Å². The van der Waals surface area contributed by atoms with Crippen molar-refractivity contribution >= 4 is 23.6 Å². The molecule has 1 aliphatic rings. The fraction of sp³-hybridized carbons (Fsp3) is 0.444. The van der Waals surface area contributed by atoms with E-state index in [9.17, 15) is 9.59 Å². The number of esters is 1. The van der Waals surface area contributed by atoms with E-state index in [1.807, 2.05) is 6.92 Å². The third kappa shape index (κ3) is 3.88. The second kappa shape index (κ2) is 8.31. The predicted molar refractivity (Wildman–Crippen MR) is 97.5 cm³/mol. The van der Waals surface area contributed by atoms with E-state index in [1.54, 1.807) is 26.0 Å². The molecule has 1 unspecified atom stereocenters. The summed E-state index contributed by atoms with van der Waals surface area (Å²) in [5.74, 6) is 0.266. The van der Waals surface area contributed by atoms with Crippen LogP contribution in [-0.4, -0.2) is 32.3 Å². The van der Waals surface area contributed by atoms with Crippen molar-refractivity contribution in [2.45, 2.75) is 39.3 Å². The average molecular weight is 383 g/mol. The van der Waals surface area contributed by atoms with E-state index in [0.29, 0.717) is 34.8 Å². The summed E-state index contributed by atoms with van der Waals surface area (Å²) in [7, 11) is 2.97. The minimum absolute atomic E-state index is 0.254. The molecule has 2 N–H and O–H groups in total. The maximum atomic E-state index is 12.7. The first kappa shape index (κ1) is 19.9. The second-order valence-corrected chi connectivity index (χ2v) is 6.31. The first-order valence-corrected chi connectivity index (χ1v) is 8.63. The molecular weight excluding hydrogens is 360 g/mol. The van der Waals surface area contributed by atoms with Crippen LogP contribution in [0.3, 0.4) is 0 Å². The first-order valence-electron chi connectivity index (χ1n) is 8.25. The summed E-state index contributed by atoms with van der Waals surface area (Å²) in [6.45, 7) is 5.37. The lowest BCUT2D eigenvalue weighted by Gasteiger charge is -2.30. The van der Waals surface area contributed by atoms with E-state index in [2.05, 4.69) is 10.6 Å².